The first-order chi connectivity index (χ1) is 11.2. The van der Waals surface area contributed by atoms with E-state index in [4.69, 9.17) is 11.2 Å². The lowest BCUT2D eigenvalue weighted by atomic mass is 10.2. The lowest BCUT2D eigenvalue weighted by molar-refractivity contribution is -0.140. The second-order valence-electron chi connectivity index (χ2n) is 5.50. The fraction of sp³-hybridized carbons (Fsp3) is 0.500. The van der Waals surface area contributed by atoms with E-state index in [-0.39, 0.29) is 5.97 Å². The molecule has 5 heteroatoms. The summed E-state index contributed by atoms with van der Waals surface area (Å²) in [4.78, 5) is 15.9. The SMILES string of the molecule is C#CCOc1ccc(N2CCN(CCCC(=O)OC)CC2)cc1. The van der Waals surface area contributed by atoms with Crippen LogP contribution in [0.15, 0.2) is 24.3 Å². The van der Waals surface area contributed by atoms with Crippen molar-refractivity contribution >= 4 is 11.7 Å². The van der Waals surface area contributed by atoms with Crippen molar-refractivity contribution in [2.24, 2.45) is 0 Å². The van der Waals surface area contributed by atoms with Crippen molar-refractivity contribution in [3.05, 3.63) is 24.3 Å². The van der Waals surface area contributed by atoms with Gasteiger partial charge in [-0.1, -0.05) is 5.92 Å². The molecular formula is C18H24N2O3. The van der Waals surface area contributed by atoms with Crippen LogP contribution in [0.4, 0.5) is 5.69 Å². The maximum atomic E-state index is 11.1. The van der Waals surface area contributed by atoms with Crippen LogP contribution in [0.2, 0.25) is 0 Å². The Bertz CT molecular complexity index is 528. The number of methoxy groups -OCH3 is 1. The van der Waals surface area contributed by atoms with Crippen molar-refractivity contribution in [2.75, 3.05) is 51.3 Å². The first kappa shape index (κ1) is 17.2. The zero-order valence-electron chi connectivity index (χ0n) is 13.7. The first-order valence-corrected chi connectivity index (χ1v) is 7.93. The summed E-state index contributed by atoms with van der Waals surface area (Å²) in [5.74, 6) is 3.13. The summed E-state index contributed by atoms with van der Waals surface area (Å²) in [5.41, 5.74) is 1.20. The summed E-state index contributed by atoms with van der Waals surface area (Å²) in [6.45, 7) is 5.24. The van der Waals surface area contributed by atoms with Gasteiger partial charge in [-0.25, -0.2) is 0 Å². The maximum Gasteiger partial charge on any atom is 0.305 e. The molecule has 0 N–H and O–H groups in total. The van der Waals surface area contributed by atoms with Crippen molar-refractivity contribution < 1.29 is 14.3 Å². The van der Waals surface area contributed by atoms with Crippen molar-refractivity contribution in [1.29, 1.82) is 0 Å². The fourth-order valence-electron chi connectivity index (χ4n) is 2.66. The summed E-state index contributed by atoms with van der Waals surface area (Å²) in [6.07, 6.45) is 6.53. The summed E-state index contributed by atoms with van der Waals surface area (Å²) in [6, 6.07) is 8.04. The number of carbonyl (C=O) groups is 1. The number of hydrogen-bond acceptors (Lipinski definition) is 5. The molecule has 23 heavy (non-hydrogen) atoms. The number of piperazine rings is 1. The highest BCUT2D eigenvalue weighted by Crippen LogP contribution is 2.20. The Labute approximate surface area is 138 Å². The number of ether oxygens (including phenoxy) is 2. The van der Waals surface area contributed by atoms with Gasteiger partial charge in [0.25, 0.3) is 0 Å². The summed E-state index contributed by atoms with van der Waals surface area (Å²) in [5, 5.41) is 0. The molecular weight excluding hydrogens is 292 g/mol. The van der Waals surface area contributed by atoms with E-state index >= 15 is 0 Å². The first-order valence-electron chi connectivity index (χ1n) is 7.93. The molecule has 0 aromatic heterocycles. The number of rotatable bonds is 7. The summed E-state index contributed by atoms with van der Waals surface area (Å²) >= 11 is 0. The van der Waals surface area contributed by atoms with E-state index in [9.17, 15) is 4.79 Å². The number of hydrogen-bond donors (Lipinski definition) is 0. The topological polar surface area (TPSA) is 42.0 Å². The molecule has 0 atom stereocenters. The molecule has 1 aliphatic rings. The van der Waals surface area contributed by atoms with Crippen molar-refractivity contribution in [1.82, 2.24) is 4.90 Å². The van der Waals surface area contributed by atoms with Crippen LogP contribution in [0.3, 0.4) is 0 Å². The smallest absolute Gasteiger partial charge is 0.305 e. The van der Waals surface area contributed by atoms with Crippen LogP contribution in [0.1, 0.15) is 12.8 Å². The van der Waals surface area contributed by atoms with Crippen LogP contribution in [0, 0.1) is 12.3 Å². The van der Waals surface area contributed by atoms with Gasteiger partial charge in [0.2, 0.25) is 0 Å². The van der Waals surface area contributed by atoms with Gasteiger partial charge in [-0.15, -0.1) is 6.42 Å². The minimum Gasteiger partial charge on any atom is -0.481 e. The molecule has 1 saturated heterocycles. The Morgan fingerprint density at radius 1 is 1.22 bits per heavy atom. The Kier molecular flexibility index (Phi) is 6.76. The molecule has 5 nitrogen and oxygen atoms in total. The lowest BCUT2D eigenvalue weighted by Crippen LogP contribution is -2.46. The molecule has 1 heterocycles. The monoisotopic (exact) mass is 316 g/mol. The molecule has 0 unspecified atom stereocenters. The normalized spacial score (nSPS) is 15.0. The standard InChI is InChI=1S/C18H24N2O3/c1-3-15-23-17-8-6-16(7-9-17)20-13-11-19(12-14-20)10-4-5-18(21)22-2/h1,6-9H,4-5,10-15H2,2H3. The Balaban J connectivity index is 1.73. The molecule has 0 radical (unpaired) electrons. The van der Waals surface area contributed by atoms with Gasteiger partial charge >= 0.3 is 5.97 Å². The molecule has 1 aromatic rings. The highest BCUT2D eigenvalue weighted by atomic mass is 16.5. The predicted molar refractivity (Wildman–Crippen MR) is 90.7 cm³/mol. The van der Waals surface area contributed by atoms with E-state index in [1.165, 1.54) is 12.8 Å². The predicted octanol–water partition coefficient (Wildman–Crippen LogP) is 1.77. The molecule has 1 aromatic carbocycles. The van der Waals surface area contributed by atoms with Crippen LogP contribution in [0.25, 0.3) is 0 Å². The Hall–Kier alpha value is -2.19. The maximum absolute atomic E-state index is 11.1. The van der Waals surface area contributed by atoms with Crippen LogP contribution in [0.5, 0.6) is 5.75 Å². The number of terminal acetylenes is 1. The number of carbonyl (C=O) groups excluding carboxylic acids is 1. The Morgan fingerprint density at radius 2 is 1.91 bits per heavy atom. The van der Waals surface area contributed by atoms with E-state index in [1.807, 2.05) is 12.1 Å². The molecule has 1 aliphatic heterocycles. The van der Waals surface area contributed by atoms with Gasteiger partial charge in [-0.05, 0) is 37.2 Å². The zero-order chi connectivity index (χ0) is 16.5. The van der Waals surface area contributed by atoms with Gasteiger partial charge in [0, 0.05) is 38.3 Å². The second kappa shape index (κ2) is 9.06. The van der Waals surface area contributed by atoms with E-state index in [1.54, 1.807) is 0 Å². The van der Waals surface area contributed by atoms with Crippen molar-refractivity contribution in [3.63, 3.8) is 0 Å². The third kappa shape index (κ3) is 5.50. The van der Waals surface area contributed by atoms with Gasteiger partial charge in [-0.3, -0.25) is 9.69 Å². The van der Waals surface area contributed by atoms with Gasteiger partial charge in [0.15, 0.2) is 0 Å². The van der Waals surface area contributed by atoms with Gasteiger partial charge < -0.3 is 14.4 Å². The molecule has 0 aliphatic carbocycles. The van der Waals surface area contributed by atoms with Crippen LogP contribution in [-0.2, 0) is 9.53 Å². The number of anilines is 1. The minimum atomic E-state index is -0.129. The van der Waals surface area contributed by atoms with E-state index in [2.05, 4.69) is 32.6 Å². The third-order valence-corrected chi connectivity index (χ3v) is 3.98. The summed E-state index contributed by atoms with van der Waals surface area (Å²) in [7, 11) is 1.43. The molecule has 124 valence electrons. The quantitative estimate of drug-likeness (QED) is 0.566. The molecule has 0 bridgehead atoms. The van der Waals surface area contributed by atoms with Crippen molar-refractivity contribution in [3.8, 4) is 18.1 Å². The summed E-state index contributed by atoms with van der Waals surface area (Å²) < 4.78 is 10.0. The van der Waals surface area contributed by atoms with Crippen molar-refractivity contribution in [2.45, 2.75) is 12.8 Å². The molecule has 1 fully saturated rings. The molecule has 0 amide bonds. The third-order valence-electron chi connectivity index (χ3n) is 3.98. The molecule has 2 rings (SSSR count). The zero-order valence-corrected chi connectivity index (χ0v) is 13.7. The van der Waals surface area contributed by atoms with Crippen LogP contribution < -0.4 is 9.64 Å². The van der Waals surface area contributed by atoms with Crippen LogP contribution in [-0.4, -0.2) is 57.3 Å². The average Bonchev–Trinajstić information content (AvgIpc) is 2.61. The van der Waals surface area contributed by atoms with Gasteiger partial charge in [0.05, 0.1) is 7.11 Å². The van der Waals surface area contributed by atoms with E-state index in [0.29, 0.717) is 13.0 Å². The minimum absolute atomic E-state index is 0.129. The number of benzene rings is 1. The largest absolute Gasteiger partial charge is 0.481 e. The Morgan fingerprint density at radius 3 is 2.52 bits per heavy atom. The fourth-order valence-corrected chi connectivity index (χ4v) is 2.66. The van der Waals surface area contributed by atoms with Gasteiger partial charge in [0.1, 0.15) is 12.4 Å². The van der Waals surface area contributed by atoms with Gasteiger partial charge in [-0.2, -0.15) is 0 Å². The highest BCUT2D eigenvalue weighted by molar-refractivity contribution is 5.69. The molecule has 0 saturated carbocycles. The number of nitrogens with zero attached hydrogens (tertiary/aromatic N) is 2. The molecule has 0 spiro atoms. The number of esters is 1. The van der Waals surface area contributed by atoms with E-state index in [0.717, 1.165) is 44.9 Å². The highest BCUT2D eigenvalue weighted by Gasteiger charge is 2.17. The van der Waals surface area contributed by atoms with Crippen LogP contribution >= 0.6 is 0 Å². The average molecular weight is 316 g/mol. The second-order valence-corrected chi connectivity index (χ2v) is 5.50. The van der Waals surface area contributed by atoms with E-state index < -0.39 is 0 Å². The lowest BCUT2D eigenvalue weighted by Gasteiger charge is -2.36.